The van der Waals surface area contributed by atoms with Gasteiger partial charge >= 0.3 is 0 Å². The van der Waals surface area contributed by atoms with Gasteiger partial charge in [0.05, 0.1) is 30.3 Å². The molecular weight excluding hydrogens is 543 g/mol. The molecule has 3 aromatic carbocycles. The van der Waals surface area contributed by atoms with E-state index in [4.69, 9.17) is 19.8 Å². The Morgan fingerprint density at radius 2 is 1.58 bits per heavy atom. The van der Waals surface area contributed by atoms with Crippen molar-refractivity contribution >= 4 is 22.8 Å². The smallest absolute Gasteiger partial charge is 0.227 e. The minimum atomic E-state index is -0.303. The second-order valence-electron chi connectivity index (χ2n) is 11.0. The molecule has 8 nitrogen and oxygen atoms in total. The zero-order valence-electron chi connectivity index (χ0n) is 24.8. The Labute approximate surface area is 250 Å². The molecule has 1 aliphatic rings. The van der Waals surface area contributed by atoms with Gasteiger partial charge in [0.2, 0.25) is 5.91 Å². The number of anilines is 1. The van der Waals surface area contributed by atoms with Gasteiger partial charge < -0.3 is 14.5 Å². The number of carbonyl (C=O) groups excluding carboxylic acids is 1. The zero-order valence-corrected chi connectivity index (χ0v) is 24.8. The summed E-state index contributed by atoms with van der Waals surface area (Å²) < 4.78 is 20.8. The van der Waals surface area contributed by atoms with E-state index >= 15 is 0 Å². The lowest BCUT2D eigenvalue weighted by Crippen LogP contribution is -2.36. The van der Waals surface area contributed by atoms with Crippen LogP contribution in [0.2, 0.25) is 0 Å². The summed E-state index contributed by atoms with van der Waals surface area (Å²) in [6.07, 6.45) is 1.74. The number of ether oxygens (including phenoxy) is 1. The molecule has 9 heteroatoms. The SMILES string of the molecule is COc1ccc(CC(=O)N2CCCN(c3nc(Cc4ccc(C)cc4)nc4c3c(C)nn4-c3ccc(F)cc3)CC2)cc1. The molecule has 220 valence electrons. The number of fused-ring (bicyclic) bond motifs is 1. The molecule has 3 heterocycles. The number of rotatable bonds is 7. The first-order chi connectivity index (χ1) is 20.9. The van der Waals surface area contributed by atoms with Crippen LogP contribution in [0.3, 0.4) is 0 Å². The zero-order chi connectivity index (χ0) is 29.9. The number of hydrogen-bond donors (Lipinski definition) is 0. The highest BCUT2D eigenvalue weighted by atomic mass is 19.1. The van der Waals surface area contributed by atoms with Crippen molar-refractivity contribution in [2.24, 2.45) is 0 Å². The number of hydrogen-bond acceptors (Lipinski definition) is 6. The van der Waals surface area contributed by atoms with Crippen LogP contribution in [0, 0.1) is 19.7 Å². The normalized spacial score (nSPS) is 13.8. The number of aryl methyl sites for hydroxylation is 2. The topological polar surface area (TPSA) is 76.4 Å². The molecule has 5 aromatic rings. The summed E-state index contributed by atoms with van der Waals surface area (Å²) in [7, 11) is 1.63. The second-order valence-corrected chi connectivity index (χ2v) is 11.0. The fraction of sp³-hybridized carbons (Fsp3) is 0.294. The molecule has 0 bridgehead atoms. The Balaban J connectivity index is 1.31. The van der Waals surface area contributed by atoms with Crippen LogP contribution < -0.4 is 9.64 Å². The lowest BCUT2D eigenvalue weighted by atomic mass is 10.1. The number of halogens is 1. The van der Waals surface area contributed by atoms with Crippen LogP contribution in [0.25, 0.3) is 16.7 Å². The van der Waals surface area contributed by atoms with E-state index in [1.54, 1.807) is 23.9 Å². The van der Waals surface area contributed by atoms with Gasteiger partial charge in [-0.15, -0.1) is 0 Å². The minimum Gasteiger partial charge on any atom is -0.497 e. The van der Waals surface area contributed by atoms with Gasteiger partial charge in [0, 0.05) is 32.6 Å². The summed E-state index contributed by atoms with van der Waals surface area (Å²) in [6, 6.07) is 22.3. The average molecular weight is 579 g/mol. The predicted molar refractivity (Wildman–Crippen MR) is 165 cm³/mol. The number of benzene rings is 3. The Hall–Kier alpha value is -4.79. The highest BCUT2D eigenvalue weighted by molar-refractivity contribution is 5.91. The molecule has 0 atom stereocenters. The first-order valence-corrected chi connectivity index (χ1v) is 14.6. The molecular formula is C34H35FN6O2. The van der Waals surface area contributed by atoms with Crippen LogP contribution in [0.1, 0.15) is 34.6 Å². The molecule has 0 saturated carbocycles. The molecule has 43 heavy (non-hydrogen) atoms. The van der Waals surface area contributed by atoms with Gasteiger partial charge in [0.25, 0.3) is 0 Å². The van der Waals surface area contributed by atoms with Crippen molar-refractivity contribution in [2.45, 2.75) is 33.1 Å². The Morgan fingerprint density at radius 3 is 2.30 bits per heavy atom. The number of carbonyl (C=O) groups is 1. The maximum atomic E-state index is 13.7. The molecule has 6 rings (SSSR count). The number of nitrogens with zero attached hydrogens (tertiary/aromatic N) is 6. The lowest BCUT2D eigenvalue weighted by molar-refractivity contribution is -0.130. The molecule has 1 fully saturated rings. The van der Waals surface area contributed by atoms with Gasteiger partial charge in [-0.1, -0.05) is 42.0 Å². The first kappa shape index (κ1) is 28.3. The molecule has 0 unspecified atom stereocenters. The maximum Gasteiger partial charge on any atom is 0.227 e. The summed E-state index contributed by atoms with van der Waals surface area (Å²) in [5.74, 6) is 2.09. The number of amides is 1. The van der Waals surface area contributed by atoms with Gasteiger partial charge in [-0.3, -0.25) is 4.79 Å². The molecule has 1 aliphatic heterocycles. The Bertz CT molecular complexity index is 1730. The fourth-order valence-electron chi connectivity index (χ4n) is 5.57. The lowest BCUT2D eigenvalue weighted by Gasteiger charge is -2.24. The molecule has 0 aliphatic carbocycles. The van der Waals surface area contributed by atoms with E-state index in [1.165, 1.54) is 17.7 Å². The van der Waals surface area contributed by atoms with Crippen molar-refractivity contribution in [1.82, 2.24) is 24.6 Å². The number of aromatic nitrogens is 4. The summed E-state index contributed by atoms with van der Waals surface area (Å²) >= 11 is 0. The monoisotopic (exact) mass is 578 g/mol. The molecule has 0 N–H and O–H groups in total. The average Bonchev–Trinajstić information content (AvgIpc) is 3.17. The van der Waals surface area contributed by atoms with E-state index in [0.29, 0.717) is 43.9 Å². The van der Waals surface area contributed by atoms with Crippen molar-refractivity contribution in [3.05, 3.63) is 107 Å². The van der Waals surface area contributed by atoms with E-state index < -0.39 is 0 Å². The van der Waals surface area contributed by atoms with Crippen molar-refractivity contribution < 1.29 is 13.9 Å². The van der Waals surface area contributed by atoms with Gasteiger partial charge in [0.1, 0.15) is 23.2 Å². The van der Waals surface area contributed by atoms with E-state index in [1.807, 2.05) is 36.1 Å². The van der Waals surface area contributed by atoms with Crippen LogP contribution in [0.5, 0.6) is 5.75 Å². The minimum absolute atomic E-state index is 0.111. The van der Waals surface area contributed by atoms with Gasteiger partial charge in [0.15, 0.2) is 5.65 Å². The van der Waals surface area contributed by atoms with Crippen molar-refractivity contribution in [3.63, 3.8) is 0 Å². The predicted octanol–water partition coefficient (Wildman–Crippen LogP) is 5.45. The van der Waals surface area contributed by atoms with E-state index in [9.17, 15) is 9.18 Å². The van der Waals surface area contributed by atoms with E-state index in [0.717, 1.165) is 52.4 Å². The third-order valence-electron chi connectivity index (χ3n) is 7.95. The summed E-state index contributed by atoms with van der Waals surface area (Å²) in [4.78, 5) is 27.6. The first-order valence-electron chi connectivity index (χ1n) is 14.6. The number of methoxy groups -OCH3 is 1. The molecule has 1 amide bonds. The van der Waals surface area contributed by atoms with Gasteiger partial charge in [-0.2, -0.15) is 5.10 Å². The quantitative estimate of drug-likeness (QED) is 0.256. The van der Waals surface area contributed by atoms with E-state index in [-0.39, 0.29) is 11.7 Å². The van der Waals surface area contributed by atoms with Crippen LogP contribution in [0.15, 0.2) is 72.8 Å². The molecule has 1 saturated heterocycles. The van der Waals surface area contributed by atoms with Crippen molar-refractivity contribution in [1.29, 1.82) is 0 Å². The van der Waals surface area contributed by atoms with Crippen LogP contribution in [-0.2, 0) is 17.6 Å². The second kappa shape index (κ2) is 12.2. The summed E-state index contributed by atoms with van der Waals surface area (Å²) in [5.41, 5.74) is 5.50. The molecule has 0 radical (unpaired) electrons. The summed E-state index contributed by atoms with van der Waals surface area (Å²) in [5, 5.41) is 5.69. The highest BCUT2D eigenvalue weighted by Crippen LogP contribution is 2.30. The standard InChI is InChI=1S/C34H35FN6O2/c1-23-5-7-25(8-6-23)21-30-36-33(32-24(2)38-41(34(32)37-30)28-13-11-27(35)12-14-28)40-18-4-17-39(19-20-40)31(42)22-26-9-15-29(43-3)16-10-26/h5-16H,4,17-22H2,1-3H3. The van der Waals surface area contributed by atoms with Crippen LogP contribution >= 0.6 is 0 Å². The van der Waals surface area contributed by atoms with Crippen LogP contribution in [0.4, 0.5) is 10.2 Å². The van der Waals surface area contributed by atoms with Crippen molar-refractivity contribution in [3.8, 4) is 11.4 Å². The fourth-order valence-corrected chi connectivity index (χ4v) is 5.57. The Morgan fingerprint density at radius 1 is 0.860 bits per heavy atom. The highest BCUT2D eigenvalue weighted by Gasteiger charge is 2.25. The summed E-state index contributed by atoms with van der Waals surface area (Å²) in [6.45, 7) is 6.70. The van der Waals surface area contributed by atoms with Gasteiger partial charge in [-0.25, -0.2) is 19.0 Å². The third kappa shape index (κ3) is 6.21. The largest absolute Gasteiger partial charge is 0.497 e. The maximum absolute atomic E-state index is 13.7. The molecule has 0 spiro atoms. The Kier molecular flexibility index (Phi) is 8.05. The molecule has 2 aromatic heterocycles. The van der Waals surface area contributed by atoms with Gasteiger partial charge in [-0.05, 0) is 67.8 Å². The van der Waals surface area contributed by atoms with Crippen LogP contribution in [-0.4, -0.2) is 63.8 Å². The van der Waals surface area contributed by atoms with Crippen molar-refractivity contribution in [2.75, 3.05) is 38.2 Å². The third-order valence-corrected chi connectivity index (χ3v) is 7.95. The van der Waals surface area contributed by atoms with E-state index in [2.05, 4.69) is 36.1 Å².